The summed E-state index contributed by atoms with van der Waals surface area (Å²) in [4.78, 5) is 11.0. The SMILES string of the molecule is CCOC(=O)C(C)=COCCOC. The average molecular weight is 188 g/mol. The van der Waals surface area contributed by atoms with Gasteiger partial charge in [0, 0.05) is 7.11 Å². The molecule has 0 radical (unpaired) electrons. The Balaban J connectivity index is 3.67. The molecule has 0 unspecified atom stereocenters. The molecule has 0 aliphatic rings. The lowest BCUT2D eigenvalue weighted by atomic mass is 10.3. The Morgan fingerprint density at radius 1 is 1.38 bits per heavy atom. The number of methoxy groups -OCH3 is 1. The van der Waals surface area contributed by atoms with E-state index in [1.165, 1.54) is 6.26 Å². The van der Waals surface area contributed by atoms with Gasteiger partial charge in [-0.15, -0.1) is 0 Å². The van der Waals surface area contributed by atoms with Crippen molar-refractivity contribution in [1.82, 2.24) is 0 Å². The van der Waals surface area contributed by atoms with Crippen molar-refractivity contribution >= 4 is 5.97 Å². The van der Waals surface area contributed by atoms with E-state index < -0.39 is 0 Å². The molecule has 0 aromatic heterocycles. The monoisotopic (exact) mass is 188 g/mol. The maximum absolute atomic E-state index is 11.0. The lowest BCUT2D eigenvalue weighted by molar-refractivity contribution is -0.138. The molecule has 0 amide bonds. The molecular weight excluding hydrogens is 172 g/mol. The van der Waals surface area contributed by atoms with Gasteiger partial charge in [-0.3, -0.25) is 0 Å². The Hall–Kier alpha value is -1.03. The van der Waals surface area contributed by atoms with Gasteiger partial charge in [0.05, 0.1) is 25.0 Å². The second kappa shape index (κ2) is 7.61. The fourth-order valence-corrected chi connectivity index (χ4v) is 0.608. The summed E-state index contributed by atoms with van der Waals surface area (Å²) in [6.45, 7) is 4.73. The van der Waals surface area contributed by atoms with Crippen LogP contribution in [0.3, 0.4) is 0 Å². The summed E-state index contributed by atoms with van der Waals surface area (Å²) >= 11 is 0. The first kappa shape index (κ1) is 12.0. The summed E-state index contributed by atoms with van der Waals surface area (Å²) in [7, 11) is 1.59. The molecule has 0 N–H and O–H groups in total. The highest BCUT2D eigenvalue weighted by Crippen LogP contribution is 1.96. The van der Waals surface area contributed by atoms with Crippen LogP contribution in [0.4, 0.5) is 0 Å². The molecule has 0 aliphatic carbocycles. The number of hydrogen-bond donors (Lipinski definition) is 0. The number of carbonyl (C=O) groups excluding carboxylic acids is 1. The molecule has 76 valence electrons. The smallest absolute Gasteiger partial charge is 0.336 e. The number of esters is 1. The molecule has 0 atom stereocenters. The summed E-state index contributed by atoms with van der Waals surface area (Å²) in [6, 6.07) is 0. The molecule has 0 bridgehead atoms. The fraction of sp³-hybridized carbons (Fsp3) is 0.667. The van der Waals surface area contributed by atoms with Crippen molar-refractivity contribution in [2.75, 3.05) is 26.9 Å². The van der Waals surface area contributed by atoms with Crippen LogP contribution in [-0.4, -0.2) is 32.9 Å². The van der Waals surface area contributed by atoms with Gasteiger partial charge in [-0.05, 0) is 13.8 Å². The number of carbonyl (C=O) groups is 1. The standard InChI is InChI=1S/C9H16O4/c1-4-13-9(10)8(2)7-12-6-5-11-3/h7H,4-6H2,1-3H3. The minimum Gasteiger partial charge on any atom is -0.498 e. The maximum atomic E-state index is 11.0. The minimum atomic E-state index is -0.347. The second-order valence-electron chi connectivity index (χ2n) is 2.38. The first-order valence-electron chi connectivity index (χ1n) is 4.16. The zero-order valence-electron chi connectivity index (χ0n) is 8.33. The molecule has 4 heteroatoms. The predicted molar refractivity (Wildman–Crippen MR) is 48.2 cm³/mol. The van der Waals surface area contributed by atoms with E-state index in [-0.39, 0.29) is 5.97 Å². The number of rotatable bonds is 6. The number of hydrogen-bond acceptors (Lipinski definition) is 4. The third-order valence-electron chi connectivity index (χ3n) is 1.26. The highest BCUT2D eigenvalue weighted by atomic mass is 16.5. The zero-order valence-corrected chi connectivity index (χ0v) is 8.33. The Kier molecular flexibility index (Phi) is 7.01. The van der Waals surface area contributed by atoms with E-state index in [9.17, 15) is 4.79 Å². The molecule has 13 heavy (non-hydrogen) atoms. The van der Waals surface area contributed by atoms with Crippen LogP contribution in [0.2, 0.25) is 0 Å². The summed E-state index contributed by atoms with van der Waals surface area (Å²) in [6.07, 6.45) is 1.39. The van der Waals surface area contributed by atoms with Crippen molar-refractivity contribution in [3.63, 3.8) is 0 Å². The molecule has 0 rings (SSSR count). The minimum absolute atomic E-state index is 0.347. The van der Waals surface area contributed by atoms with Gasteiger partial charge in [0.25, 0.3) is 0 Å². The fourth-order valence-electron chi connectivity index (χ4n) is 0.608. The molecule has 0 fully saturated rings. The molecule has 0 aliphatic heterocycles. The van der Waals surface area contributed by atoms with Crippen LogP contribution in [0, 0.1) is 0 Å². The third kappa shape index (κ3) is 6.16. The van der Waals surface area contributed by atoms with Gasteiger partial charge in [0.15, 0.2) is 0 Å². The van der Waals surface area contributed by atoms with Gasteiger partial charge >= 0.3 is 5.97 Å². The normalized spacial score (nSPS) is 11.2. The largest absolute Gasteiger partial charge is 0.498 e. The van der Waals surface area contributed by atoms with Crippen LogP contribution in [0.15, 0.2) is 11.8 Å². The van der Waals surface area contributed by atoms with E-state index >= 15 is 0 Å². The molecule has 0 saturated heterocycles. The van der Waals surface area contributed by atoms with Crippen LogP contribution >= 0.6 is 0 Å². The second-order valence-corrected chi connectivity index (χ2v) is 2.38. The van der Waals surface area contributed by atoms with E-state index in [4.69, 9.17) is 14.2 Å². The van der Waals surface area contributed by atoms with Gasteiger partial charge < -0.3 is 14.2 Å². The van der Waals surface area contributed by atoms with E-state index in [1.54, 1.807) is 21.0 Å². The molecule has 0 aromatic carbocycles. The molecule has 0 aromatic rings. The average Bonchev–Trinajstić information content (AvgIpc) is 2.12. The van der Waals surface area contributed by atoms with Crippen LogP contribution < -0.4 is 0 Å². The maximum Gasteiger partial charge on any atom is 0.336 e. The van der Waals surface area contributed by atoms with E-state index in [0.717, 1.165) is 0 Å². The molecule has 0 spiro atoms. The Morgan fingerprint density at radius 3 is 2.62 bits per heavy atom. The van der Waals surface area contributed by atoms with Gasteiger partial charge in [-0.25, -0.2) is 4.79 Å². The van der Waals surface area contributed by atoms with Crippen LogP contribution in [0.25, 0.3) is 0 Å². The first-order chi connectivity index (χ1) is 6.22. The van der Waals surface area contributed by atoms with E-state index in [2.05, 4.69) is 0 Å². The Bertz CT molecular complexity index is 174. The van der Waals surface area contributed by atoms with Crippen LogP contribution in [0.1, 0.15) is 13.8 Å². The van der Waals surface area contributed by atoms with E-state index in [1.807, 2.05) is 0 Å². The lowest BCUT2D eigenvalue weighted by Gasteiger charge is -2.02. The predicted octanol–water partition coefficient (Wildman–Crippen LogP) is 1.12. The quantitative estimate of drug-likeness (QED) is 0.271. The summed E-state index contributed by atoms with van der Waals surface area (Å²) in [5, 5.41) is 0. The van der Waals surface area contributed by atoms with Crippen molar-refractivity contribution in [3.8, 4) is 0 Å². The molecule has 4 nitrogen and oxygen atoms in total. The van der Waals surface area contributed by atoms with Crippen molar-refractivity contribution in [3.05, 3.63) is 11.8 Å². The topological polar surface area (TPSA) is 44.8 Å². The summed E-state index contributed by atoms with van der Waals surface area (Å²) in [5.74, 6) is -0.347. The first-order valence-corrected chi connectivity index (χ1v) is 4.16. The highest BCUT2D eigenvalue weighted by Gasteiger charge is 2.03. The van der Waals surface area contributed by atoms with Gasteiger partial charge in [-0.2, -0.15) is 0 Å². The molecule has 0 saturated carbocycles. The zero-order chi connectivity index (χ0) is 10.1. The van der Waals surface area contributed by atoms with Gasteiger partial charge in [0.2, 0.25) is 0 Å². The van der Waals surface area contributed by atoms with Crippen molar-refractivity contribution < 1.29 is 19.0 Å². The third-order valence-corrected chi connectivity index (χ3v) is 1.26. The summed E-state index contributed by atoms with van der Waals surface area (Å²) < 4.78 is 14.5. The van der Waals surface area contributed by atoms with Crippen LogP contribution in [0.5, 0.6) is 0 Å². The van der Waals surface area contributed by atoms with Gasteiger partial charge in [-0.1, -0.05) is 0 Å². The van der Waals surface area contributed by atoms with Crippen molar-refractivity contribution in [2.45, 2.75) is 13.8 Å². The number of ether oxygens (including phenoxy) is 3. The summed E-state index contributed by atoms with van der Waals surface area (Å²) in [5.41, 5.74) is 0.456. The Morgan fingerprint density at radius 2 is 2.08 bits per heavy atom. The molecule has 0 heterocycles. The van der Waals surface area contributed by atoms with E-state index in [0.29, 0.717) is 25.4 Å². The van der Waals surface area contributed by atoms with Crippen molar-refractivity contribution in [2.24, 2.45) is 0 Å². The Labute approximate surface area is 78.5 Å². The van der Waals surface area contributed by atoms with Crippen molar-refractivity contribution in [1.29, 1.82) is 0 Å². The lowest BCUT2D eigenvalue weighted by Crippen LogP contribution is -2.06. The van der Waals surface area contributed by atoms with Crippen LogP contribution in [-0.2, 0) is 19.0 Å². The van der Waals surface area contributed by atoms with Gasteiger partial charge in [0.1, 0.15) is 6.61 Å². The molecular formula is C9H16O4. The highest BCUT2D eigenvalue weighted by molar-refractivity contribution is 5.87.